The molecule has 2 amide bonds. The molecule has 3 rings (SSSR count). The number of rotatable bonds is 4. The number of carbonyl (C=O) groups excluding carboxylic acids is 2. The molecule has 1 atom stereocenters. The fourth-order valence-corrected chi connectivity index (χ4v) is 3.54. The van der Waals surface area contributed by atoms with Gasteiger partial charge in [0.05, 0.1) is 11.8 Å². The number of piperidine rings is 1. The highest BCUT2D eigenvalue weighted by Crippen LogP contribution is 2.29. The number of imide groups is 1. The standard InChI is InChI=1S/C18H22N2O4/c21-16-10-9-15(17(22)20-16)11-1-5-13(6-2-11)19-14-7-3-12(4-8-14)18(23)24/h1-2,5-6,12,14-15,19H,3-4,7-10H2,(H,23,24)(H,20,21,22)/t12?,14?,15-/m0/s1. The molecule has 24 heavy (non-hydrogen) atoms. The third-order valence-electron chi connectivity index (χ3n) is 5.00. The Balaban J connectivity index is 1.56. The summed E-state index contributed by atoms with van der Waals surface area (Å²) in [4.78, 5) is 34.1. The van der Waals surface area contributed by atoms with Crippen LogP contribution in [0.5, 0.6) is 0 Å². The van der Waals surface area contributed by atoms with Crippen LogP contribution in [0.25, 0.3) is 0 Å². The second-order valence-corrected chi connectivity index (χ2v) is 6.66. The summed E-state index contributed by atoms with van der Waals surface area (Å²) in [6.45, 7) is 0. The van der Waals surface area contributed by atoms with E-state index in [0.717, 1.165) is 24.1 Å². The van der Waals surface area contributed by atoms with Crippen LogP contribution in [0.1, 0.15) is 50.0 Å². The zero-order valence-electron chi connectivity index (χ0n) is 13.5. The van der Waals surface area contributed by atoms with Crippen molar-refractivity contribution < 1.29 is 19.5 Å². The third kappa shape index (κ3) is 3.75. The minimum atomic E-state index is -0.693. The topological polar surface area (TPSA) is 95.5 Å². The molecule has 1 aliphatic carbocycles. The third-order valence-corrected chi connectivity index (χ3v) is 5.00. The van der Waals surface area contributed by atoms with Gasteiger partial charge in [-0.2, -0.15) is 0 Å². The monoisotopic (exact) mass is 330 g/mol. The molecular weight excluding hydrogens is 308 g/mol. The molecule has 128 valence electrons. The number of carboxylic acid groups (broad SMARTS) is 1. The van der Waals surface area contributed by atoms with E-state index in [4.69, 9.17) is 5.11 Å². The molecule has 0 unspecified atom stereocenters. The first-order valence-corrected chi connectivity index (χ1v) is 8.46. The van der Waals surface area contributed by atoms with E-state index in [1.807, 2.05) is 24.3 Å². The van der Waals surface area contributed by atoms with Crippen LogP contribution in [-0.4, -0.2) is 28.9 Å². The Morgan fingerprint density at radius 3 is 2.29 bits per heavy atom. The molecule has 1 saturated heterocycles. The second-order valence-electron chi connectivity index (χ2n) is 6.66. The van der Waals surface area contributed by atoms with E-state index >= 15 is 0 Å². The summed E-state index contributed by atoms with van der Waals surface area (Å²) < 4.78 is 0. The van der Waals surface area contributed by atoms with Gasteiger partial charge in [-0.05, 0) is 49.8 Å². The van der Waals surface area contributed by atoms with Crippen LogP contribution in [0.3, 0.4) is 0 Å². The molecule has 0 aromatic heterocycles. The van der Waals surface area contributed by atoms with E-state index < -0.39 is 5.97 Å². The van der Waals surface area contributed by atoms with Crippen molar-refractivity contribution in [3.05, 3.63) is 29.8 Å². The minimum Gasteiger partial charge on any atom is -0.481 e. The number of carbonyl (C=O) groups is 3. The molecule has 1 aliphatic heterocycles. The lowest BCUT2D eigenvalue weighted by molar-refractivity contribution is -0.143. The minimum absolute atomic E-state index is 0.202. The molecule has 2 fully saturated rings. The number of carboxylic acids is 1. The van der Waals surface area contributed by atoms with E-state index in [-0.39, 0.29) is 23.7 Å². The number of anilines is 1. The van der Waals surface area contributed by atoms with Gasteiger partial charge in [0.15, 0.2) is 0 Å². The van der Waals surface area contributed by atoms with Gasteiger partial charge < -0.3 is 10.4 Å². The Morgan fingerprint density at radius 1 is 1.04 bits per heavy atom. The Morgan fingerprint density at radius 2 is 1.71 bits per heavy atom. The summed E-state index contributed by atoms with van der Waals surface area (Å²) in [6, 6.07) is 8.03. The molecule has 1 aromatic carbocycles. The SMILES string of the molecule is O=C1CC[C@@H](c2ccc(NC3CCC(C(=O)O)CC3)cc2)C(=O)N1. The van der Waals surface area contributed by atoms with Crippen molar-refractivity contribution in [1.29, 1.82) is 0 Å². The number of hydrogen-bond donors (Lipinski definition) is 3. The lowest BCUT2D eigenvalue weighted by atomic mass is 9.86. The van der Waals surface area contributed by atoms with Gasteiger partial charge in [0, 0.05) is 18.2 Å². The van der Waals surface area contributed by atoms with Crippen molar-refractivity contribution in [2.75, 3.05) is 5.32 Å². The van der Waals surface area contributed by atoms with E-state index in [1.54, 1.807) is 0 Å². The first-order valence-electron chi connectivity index (χ1n) is 8.46. The van der Waals surface area contributed by atoms with Crippen molar-refractivity contribution in [2.45, 2.75) is 50.5 Å². The van der Waals surface area contributed by atoms with Crippen molar-refractivity contribution in [2.24, 2.45) is 5.92 Å². The predicted molar refractivity (Wildman–Crippen MR) is 88.6 cm³/mol. The lowest BCUT2D eigenvalue weighted by Gasteiger charge is -2.28. The molecule has 6 heteroatoms. The van der Waals surface area contributed by atoms with Crippen molar-refractivity contribution >= 4 is 23.5 Å². The van der Waals surface area contributed by atoms with Gasteiger partial charge in [-0.25, -0.2) is 0 Å². The van der Waals surface area contributed by atoms with Crippen LogP contribution in [0.2, 0.25) is 0 Å². The van der Waals surface area contributed by atoms with Gasteiger partial charge in [-0.15, -0.1) is 0 Å². The Bertz CT molecular complexity index is 633. The molecule has 2 aliphatic rings. The van der Waals surface area contributed by atoms with Crippen LogP contribution >= 0.6 is 0 Å². The average Bonchev–Trinajstić information content (AvgIpc) is 2.56. The zero-order valence-corrected chi connectivity index (χ0v) is 13.5. The highest BCUT2D eigenvalue weighted by molar-refractivity contribution is 6.00. The molecule has 0 bridgehead atoms. The molecule has 1 saturated carbocycles. The second kappa shape index (κ2) is 7.03. The number of nitrogens with one attached hydrogen (secondary N) is 2. The largest absolute Gasteiger partial charge is 0.481 e. The number of amides is 2. The Labute approximate surface area is 140 Å². The molecule has 1 aromatic rings. The van der Waals surface area contributed by atoms with Gasteiger partial charge in [0.25, 0.3) is 0 Å². The quantitative estimate of drug-likeness (QED) is 0.736. The van der Waals surface area contributed by atoms with Crippen LogP contribution in [0, 0.1) is 5.92 Å². The zero-order chi connectivity index (χ0) is 17.1. The summed E-state index contributed by atoms with van der Waals surface area (Å²) in [5.41, 5.74) is 1.89. The molecule has 0 radical (unpaired) electrons. The van der Waals surface area contributed by atoms with Crippen molar-refractivity contribution in [3.63, 3.8) is 0 Å². The fourth-order valence-electron chi connectivity index (χ4n) is 3.54. The van der Waals surface area contributed by atoms with Gasteiger partial charge in [-0.1, -0.05) is 12.1 Å². The van der Waals surface area contributed by atoms with E-state index in [0.29, 0.717) is 31.7 Å². The van der Waals surface area contributed by atoms with Crippen molar-refractivity contribution in [3.8, 4) is 0 Å². The first-order chi connectivity index (χ1) is 11.5. The maximum absolute atomic E-state index is 11.9. The van der Waals surface area contributed by atoms with Crippen LogP contribution in [0.4, 0.5) is 5.69 Å². The summed E-state index contributed by atoms with van der Waals surface area (Å²) in [6.07, 6.45) is 4.06. The number of benzene rings is 1. The summed E-state index contributed by atoms with van der Waals surface area (Å²) in [7, 11) is 0. The van der Waals surface area contributed by atoms with E-state index in [9.17, 15) is 14.4 Å². The molecule has 3 N–H and O–H groups in total. The fraction of sp³-hybridized carbons (Fsp3) is 0.500. The van der Waals surface area contributed by atoms with Crippen LogP contribution < -0.4 is 10.6 Å². The van der Waals surface area contributed by atoms with Gasteiger partial charge >= 0.3 is 5.97 Å². The smallest absolute Gasteiger partial charge is 0.306 e. The van der Waals surface area contributed by atoms with Gasteiger partial charge in [0.2, 0.25) is 11.8 Å². The molecule has 6 nitrogen and oxygen atoms in total. The highest BCUT2D eigenvalue weighted by Gasteiger charge is 2.28. The highest BCUT2D eigenvalue weighted by atomic mass is 16.4. The predicted octanol–water partition coefficient (Wildman–Crippen LogP) is 2.26. The summed E-state index contributed by atoms with van der Waals surface area (Å²) >= 11 is 0. The van der Waals surface area contributed by atoms with Gasteiger partial charge in [-0.3, -0.25) is 19.7 Å². The summed E-state index contributed by atoms with van der Waals surface area (Å²) in [5, 5.41) is 14.9. The van der Waals surface area contributed by atoms with E-state index in [2.05, 4.69) is 10.6 Å². The Hall–Kier alpha value is -2.37. The maximum atomic E-state index is 11.9. The van der Waals surface area contributed by atoms with E-state index in [1.165, 1.54) is 0 Å². The maximum Gasteiger partial charge on any atom is 0.306 e. The normalized spacial score (nSPS) is 27.4. The number of hydrogen-bond acceptors (Lipinski definition) is 4. The number of aliphatic carboxylic acids is 1. The average molecular weight is 330 g/mol. The lowest BCUT2D eigenvalue weighted by Crippen LogP contribution is -2.39. The molecular formula is C18H22N2O4. The van der Waals surface area contributed by atoms with Gasteiger partial charge in [0.1, 0.15) is 0 Å². The Kier molecular flexibility index (Phi) is 4.83. The first kappa shape index (κ1) is 16.5. The van der Waals surface area contributed by atoms with Crippen molar-refractivity contribution in [1.82, 2.24) is 5.32 Å². The van der Waals surface area contributed by atoms with Crippen LogP contribution in [0.15, 0.2) is 24.3 Å². The summed E-state index contributed by atoms with van der Waals surface area (Å²) in [5.74, 6) is -1.59. The van der Waals surface area contributed by atoms with Crippen LogP contribution in [-0.2, 0) is 14.4 Å². The molecule has 0 spiro atoms. The molecule has 1 heterocycles.